The van der Waals surface area contributed by atoms with Crippen LogP contribution in [0.3, 0.4) is 0 Å². The summed E-state index contributed by atoms with van der Waals surface area (Å²) in [6, 6.07) is 7.41. The molecule has 4 heteroatoms. The normalized spacial score (nSPS) is 9.79. The highest BCUT2D eigenvalue weighted by Crippen LogP contribution is 2.11. The summed E-state index contributed by atoms with van der Waals surface area (Å²) in [6.45, 7) is 0.880. The molecule has 0 amide bonds. The second-order valence-electron chi connectivity index (χ2n) is 2.86. The first kappa shape index (κ1) is 10.5. The van der Waals surface area contributed by atoms with Gasteiger partial charge in [0.25, 0.3) is 0 Å². The number of hydrogen-bond acceptors (Lipinski definition) is 3. The van der Waals surface area contributed by atoms with E-state index < -0.39 is 5.97 Å². The van der Waals surface area contributed by atoms with E-state index in [4.69, 9.17) is 4.74 Å². The van der Waals surface area contributed by atoms with E-state index in [0.717, 1.165) is 12.1 Å². The van der Waals surface area contributed by atoms with Gasteiger partial charge in [0.15, 0.2) is 0 Å². The molecule has 4 nitrogen and oxygen atoms in total. The first-order valence-corrected chi connectivity index (χ1v) is 4.43. The molecule has 0 atom stereocenters. The van der Waals surface area contributed by atoms with Crippen molar-refractivity contribution in [3.8, 4) is 5.75 Å². The Morgan fingerprint density at radius 3 is 2.50 bits per heavy atom. The first-order chi connectivity index (χ1) is 6.72. The van der Waals surface area contributed by atoms with Crippen molar-refractivity contribution in [2.24, 2.45) is 0 Å². The van der Waals surface area contributed by atoms with Gasteiger partial charge in [0, 0.05) is 18.0 Å². The highest BCUT2D eigenvalue weighted by molar-refractivity contribution is 5.64. The molecule has 0 heterocycles. The molecule has 0 saturated heterocycles. The second kappa shape index (κ2) is 5.24. The third kappa shape index (κ3) is 3.45. The standard InChI is InChI=1S/C10H13NO3/c11-7-8-1-3-9(4-2-8)14-6-5-10(12)13/h1-4H,5-7,11H2,(H,12,13). The van der Waals surface area contributed by atoms with Crippen LogP contribution in [0, 0.1) is 0 Å². The van der Waals surface area contributed by atoms with Crippen molar-refractivity contribution in [1.82, 2.24) is 0 Å². The lowest BCUT2D eigenvalue weighted by Crippen LogP contribution is -2.47. The molecule has 0 saturated carbocycles. The Kier molecular flexibility index (Phi) is 3.94. The van der Waals surface area contributed by atoms with Gasteiger partial charge in [-0.1, -0.05) is 0 Å². The Morgan fingerprint density at radius 2 is 2.00 bits per heavy atom. The smallest absolute Gasteiger partial charge is 0.119 e. The molecule has 0 radical (unpaired) electrons. The molecule has 1 aromatic carbocycles. The minimum absolute atomic E-state index is 0.0862. The van der Waals surface area contributed by atoms with Gasteiger partial charge in [-0.05, 0) is 24.3 Å². The second-order valence-corrected chi connectivity index (χ2v) is 2.86. The summed E-state index contributed by atoms with van der Waals surface area (Å²) >= 11 is 0. The van der Waals surface area contributed by atoms with Crippen LogP contribution < -0.4 is 15.6 Å². The van der Waals surface area contributed by atoms with Gasteiger partial charge < -0.3 is 20.4 Å². The zero-order valence-electron chi connectivity index (χ0n) is 7.86. The summed E-state index contributed by atoms with van der Waals surface area (Å²) in [6.07, 6.45) is -0.0862. The molecule has 14 heavy (non-hydrogen) atoms. The van der Waals surface area contributed by atoms with E-state index in [1.165, 1.54) is 0 Å². The summed E-state index contributed by atoms with van der Waals surface area (Å²) in [5.41, 5.74) is 4.87. The number of hydrogen-bond donors (Lipinski definition) is 1. The maximum absolute atomic E-state index is 10.1. The molecule has 76 valence electrons. The Labute approximate surface area is 82.3 Å². The van der Waals surface area contributed by atoms with Crippen molar-refractivity contribution < 1.29 is 20.4 Å². The Morgan fingerprint density at radius 1 is 1.36 bits per heavy atom. The molecule has 0 bridgehead atoms. The van der Waals surface area contributed by atoms with Crippen molar-refractivity contribution in [1.29, 1.82) is 0 Å². The molecule has 0 unspecified atom stereocenters. The van der Waals surface area contributed by atoms with Gasteiger partial charge >= 0.3 is 0 Å². The summed E-state index contributed by atoms with van der Waals surface area (Å²) in [5.74, 6) is -0.428. The van der Waals surface area contributed by atoms with E-state index in [1.807, 2.05) is 12.1 Å². The summed E-state index contributed by atoms with van der Waals surface area (Å²) < 4.78 is 5.18. The fourth-order valence-electron chi connectivity index (χ4n) is 1.00. The third-order valence-corrected chi connectivity index (χ3v) is 1.79. The van der Waals surface area contributed by atoms with Crippen molar-refractivity contribution in [3.63, 3.8) is 0 Å². The number of rotatable bonds is 5. The van der Waals surface area contributed by atoms with Crippen molar-refractivity contribution in [2.75, 3.05) is 6.61 Å². The maximum atomic E-state index is 10.1. The molecule has 0 aromatic heterocycles. The van der Waals surface area contributed by atoms with Crippen LogP contribution in [-0.4, -0.2) is 12.6 Å². The van der Waals surface area contributed by atoms with Gasteiger partial charge in [-0.2, -0.15) is 0 Å². The van der Waals surface area contributed by atoms with E-state index >= 15 is 0 Å². The van der Waals surface area contributed by atoms with Crippen LogP contribution in [0.5, 0.6) is 5.75 Å². The van der Waals surface area contributed by atoms with Gasteiger partial charge in [-0.3, -0.25) is 0 Å². The fraction of sp³-hybridized carbons (Fsp3) is 0.300. The first-order valence-electron chi connectivity index (χ1n) is 4.43. The molecule has 0 aliphatic rings. The third-order valence-electron chi connectivity index (χ3n) is 1.79. The fourth-order valence-corrected chi connectivity index (χ4v) is 1.00. The molecule has 0 fully saturated rings. The minimum atomic E-state index is -1.10. The zero-order valence-corrected chi connectivity index (χ0v) is 7.86. The minimum Gasteiger partial charge on any atom is -0.550 e. The van der Waals surface area contributed by atoms with Crippen LogP contribution in [0.1, 0.15) is 12.0 Å². The van der Waals surface area contributed by atoms with Crippen LogP contribution in [-0.2, 0) is 11.3 Å². The number of aliphatic carboxylic acids is 1. The molecule has 3 N–H and O–H groups in total. The van der Waals surface area contributed by atoms with E-state index in [9.17, 15) is 9.90 Å². The number of carbonyl (C=O) groups excluding carboxylic acids is 1. The van der Waals surface area contributed by atoms with Crippen LogP contribution in [0.2, 0.25) is 0 Å². The average molecular weight is 195 g/mol. The maximum Gasteiger partial charge on any atom is 0.119 e. The van der Waals surface area contributed by atoms with Crippen LogP contribution in [0.15, 0.2) is 24.3 Å². The van der Waals surface area contributed by atoms with Crippen molar-refractivity contribution in [2.45, 2.75) is 13.0 Å². The largest absolute Gasteiger partial charge is 0.550 e. The Balaban J connectivity index is 2.40. The molecule has 0 aliphatic carbocycles. The Hall–Kier alpha value is -1.55. The number of benzene rings is 1. The topological polar surface area (TPSA) is 77.0 Å². The molecule has 0 aliphatic heterocycles. The van der Waals surface area contributed by atoms with Gasteiger partial charge in [0.1, 0.15) is 5.75 Å². The molecule has 0 spiro atoms. The average Bonchev–Trinajstić information content (AvgIpc) is 2.18. The predicted octanol–water partition coefficient (Wildman–Crippen LogP) is -1.05. The van der Waals surface area contributed by atoms with Crippen LogP contribution >= 0.6 is 0 Å². The van der Waals surface area contributed by atoms with Gasteiger partial charge in [-0.15, -0.1) is 0 Å². The lowest BCUT2D eigenvalue weighted by atomic mass is 10.2. The molecule has 1 rings (SSSR count). The van der Waals surface area contributed by atoms with Crippen molar-refractivity contribution in [3.05, 3.63) is 29.8 Å². The highest BCUT2D eigenvalue weighted by Gasteiger charge is 1.95. The van der Waals surface area contributed by atoms with E-state index in [-0.39, 0.29) is 13.0 Å². The predicted molar refractivity (Wildman–Crippen MR) is 48.2 cm³/mol. The number of carboxylic acids is 1. The quantitative estimate of drug-likeness (QED) is 0.651. The van der Waals surface area contributed by atoms with E-state index in [0.29, 0.717) is 5.75 Å². The summed E-state index contributed by atoms with van der Waals surface area (Å²) in [7, 11) is 0. The van der Waals surface area contributed by atoms with E-state index in [1.54, 1.807) is 12.1 Å². The van der Waals surface area contributed by atoms with Crippen molar-refractivity contribution >= 4 is 5.97 Å². The number of quaternary nitrogens is 1. The lowest BCUT2D eigenvalue weighted by molar-refractivity contribution is -0.386. The number of carbonyl (C=O) groups is 1. The monoisotopic (exact) mass is 195 g/mol. The van der Waals surface area contributed by atoms with Gasteiger partial charge in [0.2, 0.25) is 0 Å². The summed E-state index contributed by atoms with van der Waals surface area (Å²) in [5, 5.41) is 10.1. The Bertz CT molecular complexity index is 295. The van der Waals surface area contributed by atoms with Crippen LogP contribution in [0.4, 0.5) is 0 Å². The highest BCUT2D eigenvalue weighted by atomic mass is 16.5. The number of ether oxygens (including phenoxy) is 1. The van der Waals surface area contributed by atoms with Gasteiger partial charge in [-0.25, -0.2) is 0 Å². The van der Waals surface area contributed by atoms with E-state index in [2.05, 4.69) is 5.73 Å². The zero-order chi connectivity index (χ0) is 10.4. The van der Waals surface area contributed by atoms with Gasteiger partial charge in [0.05, 0.1) is 13.2 Å². The number of carboxylic acid groups (broad SMARTS) is 1. The summed E-state index contributed by atoms with van der Waals surface area (Å²) in [4.78, 5) is 10.1. The molecule has 1 aromatic rings. The lowest BCUT2D eigenvalue weighted by Gasteiger charge is -2.06. The molecular weight excluding hydrogens is 182 g/mol. The van der Waals surface area contributed by atoms with Crippen LogP contribution in [0.25, 0.3) is 0 Å². The SMILES string of the molecule is [NH3+]Cc1ccc(OCCC(=O)[O-])cc1. The molecular formula is C10H13NO3.